The summed E-state index contributed by atoms with van der Waals surface area (Å²) >= 11 is 0. The van der Waals surface area contributed by atoms with Crippen LogP contribution < -0.4 is 10.6 Å². The first-order valence-electron chi connectivity index (χ1n) is 5.41. The van der Waals surface area contributed by atoms with Crippen molar-refractivity contribution in [2.75, 3.05) is 31.6 Å². The van der Waals surface area contributed by atoms with Crippen molar-refractivity contribution in [1.82, 2.24) is 10.3 Å². The van der Waals surface area contributed by atoms with E-state index < -0.39 is 4.92 Å². The van der Waals surface area contributed by atoms with Crippen molar-refractivity contribution >= 4 is 11.4 Å². The molecule has 0 aliphatic carbocycles. The van der Waals surface area contributed by atoms with Gasteiger partial charge in [-0.3, -0.25) is 15.1 Å². The predicted octanol–water partition coefficient (Wildman–Crippen LogP) is 0.390. The zero-order valence-corrected chi connectivity index (χ0v) is 9.26. The summed E-state index contributed by atoms with van der Waals surface area (Å²) in [4.78, 5) is 14.1. The number of morpholine rings is 1. The molecule has 1 unspecified atom stereocenters. The normalized spacial score (nSPS) is 19.9. The van der Waals surface area contributed by atoms with Gasteiger partial charge in [0.2, 0.25) is 0 Å². The number of nitrogens with one attached hydrogen (secondary N) is 2. The third kappa shape index (κ3) is 3.11. The first-order valence-corrected chi connectivity index (χ1v) is 5.41. The van der Waals surface area contributed by atoms with Gasteiger partial charge >= 0.3 is 5.69 Å². The molecule has 2 rings (SSSR count). The molecule has 7 heteroatoms. The van der Waals surface area contributed by atoms with Crippen LogP contribution in [0.25, 0.3) is 0 Å². The molecular formula is C10H14N4O3. The van der Waals surface area contributed by atoms with Crippen LogP contribution >= 0.6 is 0 Å². The summed E-state index contributed by atoms with van der Waals surface area (Å²) in [5.74, 6) is 0. The van der Waals surface area contributed by atoms with E-state index in [-0.39, 0.29) is 11.7 Å². The van der Waals surface area contributed by atoms with E-state index >= 15 is 0 Å². The van der Waals surface area contributed by atoms with Crippen molar-refractivity contribution in [3.8, 4) is 0 Å². The van der Waals surface area contributed by atoms with Crippen LogP contribution in [0.4, 0.5) is 11.4 Å². The number of nitro groups is 1. The molecular weight excluding hydrogens is 224 g/mol. The smallest absolute Gasteiger partial charge is 0.310 e. The average molecular weight is 238 g/mol. The summed E-state index contributed by atoms with van der Waals surface area (Å²) in [5, 5.41) is 17.1. The maximum atomic E-state index is 10.8. The van der Waals surface area contributed by atoms with Gasteiger partial charge in [-0.25, -0.2) is 0 Å². The fraction of sp³-hybridized carbons (Fsp3) is 0.500. The minimum atomic E-state index is -0.444. The Morgan fingerprint density at radius 3 is 3.29 bits per heavy atom. The van der Waals surface area contributed by atoms with E-state index in [1.165, 1.54) is 12.4 Å². The Kier molecular flexibility index (Phi) is 3.84. The molecule has 0 amide bonds. The molecule has 17 heavy (non-hydrogen) atoms. The maximum Gasteiger partial charge on any atom is 0.310 e. The highest BCUT2D eigenvalue weighted by molar-refractivity contribution is 5.59. The first kappa shape index (κ1) is 11.7. The lowest BCUT2D eigenvalue weighted by molar-refractivity contribution is -0.384. The molecule has 7 nitrogen and oxygen atoms in total. The minimum absolute atomic E-state index is 0.00997. The van der Waals surface area contributed by atoms with Crippen LogP contribution in [0.5, 0.6) is 0 Å². The second-order valence-electron chi connectivity index (χ2n) is 3.76. The molecule has 2 heterocycles. The van der Waals surface area contributed by atoms with Crippen LogP contribution in [0, 0.1) is 10.1 Å². The Balaban J connectivity index is 1.96. The zero-order valence-electron chi connectivity index (χ0n) is 9.26. The summed E-state index contributed by atoms with van der Waals surface area (Å²) in [6, 6.07) is 1.78. The summed E-state index contributed by atoms with van der Waals surface area (Å²) in [7, 11) is 0. The number of pyridine rings is 1. The van der Waals surface area contributed by atoms with Crippen molar-refractivity contribution in [3.05, 3.63) is 28.6 Å². The van der Waals surface area contributed by atoms with E-state index in [0.717, 1.165) is 6.54 Å². The van der Waals surface area contributed by atoms with Crippen molar-refractivity contribution in [1.29, 1.82) is 0 Å². The van der Waals surface area contributed by atoms with Crippen molar-refractivity contribution in [2.45, 2.75) is 6.04 Å². The van der Waals surface area contributed by atoms with Crippen LogP contribution in [-0.4, -0.2) is 42.3 Å². The fourth-order valence-electron chi connectivity index (χ4n) is 1.67. The zero-order chi connectivity index (χ0) is 12.1. The molecule has 0 radical (unpaired) electrons. The predicted molar refractivity (Wildman–Crippen MR) is 62.0 cm³/mol. The van der Waals surface area contributed by atoms with E-state index in [1.807, 2.05) is 0 Å². The number of ether oxygens (including phenoxy) is 1. The molecule has 1 fully saturated rings. The summed E-state index contributed by atoms with van der Waals surface area (Å²) < 4.78 is 5.30. The lowest BCUT2D eigenvalue weighted by atomic mass is 10.2. The highest BCUT2D eigenvalue weighted by Gasteiger charge is 2.16. The van der Waals surface area contributed by atoms with E-state index in [2.05, 4.69) is 15.6 Å². The SMILES string of the molecule is O=[N+]([O-])c1cnccc1NCC1COCCN1. The molecule has 2 N–H and O–H groups in total. The summed E-state index contributed by atoms with van der Waals surface area (Å²) in [6.45, 7) is 2.73. The summed E-state index contributed by atoms with van der Waals surface area (Å²) in [5.41, 5.74) is 0.474. The minimum Gasteiger partial charge on any atom is -0.378 e. The average Bonchev–Trinajstić information content (AvgIpc) is 2.38. The quantitative estimate of drug-likeness (QED) is 0.582. The molecule has 1 aromatic rings. The molecule has 0 spiro atoms. The van der Waals surface area contributed by atoms with Crippen molar-refractivity contribution in [3.63, 3.8) is 0 Å². The fourth-order valence-corrected chi connectivity index (χ4v) is 1.67. The van der Waals surface area contributed by atoms with Crippen LogP contribution in [0.1, 0.15) is 0 Å². The third-order valence-electron chi connectivity index (χ3n) is 2.53. The van der Waals surface area contributed by atoms with Gasteiger partial charge in [0.15, 0.2) is 0 Å². The molecule has 1 saturated heterocycles. The lowest BCUT2D eigenvalue weighted by Gasteiger charge is -2.24. The number of aromatic nitrogens is 1. The van der Waals surface area contributed by atoms with Gasteiger partial charge in [0.25, 0.3) is 0 Å². The molecule has 1 aliphatic heterocycles. The highest BCUT2D eigenvalue weighted by atomic mass is 16.6. The van der Waals surface area contributed by atoms with E-state index in [9.17, 15) is 10.1 Å². The lowest BCUT2D eigenvalue weighted by Crippen LogP contribution is -2.45. The molecule has 92 valence electrons. The monoisotopic (exact) mass is 238 g/mol. The van der Waals surface area contributed by atoms with E-state index in [4.69, 9.17) is 4.74 Å². The molecule has 1 aliphatic rings. The van der Waals surface area contributed by atoms with Gasteiger partial charge in [-0.05, 0) is 6.07 Å². The molecule has 0 bridgehead atoms. The molecule has 1 atom stereocenters. The second kappa shape index (κ2) is 5.55. The Bertz CT molecular complexity index is 393. The maximum absolute atomic E-state index is 10.8. The second-order valence-corrected chi connectivity index (χ2v) is 3.76. The number of hydrogen-bond acceptors (Lipinski definition) is 6. The number of anilines is 1. The Hall–Kier alpha value is -1.73. The first-order chi connectivity index (χ1) is 8.27. The number of nitrogens with zero attached hydrogens (tertiary/aromatic N) is 2. The topological polar surface area (TPSA) is 89.3 Å². The van der Waals surface area contributed by atoms with Crippen LogP contribution in [-0.2, 0) is 4.74 Å². The Labute approximate surface area is 98.3 Å². The van der Waals surface area contributed by atoms with Gasteiger partial charge in [-0.1, -0.05) is 0 Å². The standard InChI is InChI=1S/C10H14N4O3/c15-14(16)10-6-11-2-1-9(10)13-5-8-7-17-4-3-12-8/h1-2,6,8,12H,3-5,7H2,(H,11,13). The molecule has 0 aromatic carbocycles. The van der Waals surface area contributed by atoms with Crippen molar-refractivity contribution in [2.24, 2.45) is 0 Å². The van der Waals surface area contributed by atoms with E-state index in [1.54, 1.807) is 6.07 Å². The van der Waals surface area contributed by atoms with Gasteiger partial charge < -0.3 is 15.4 Å². The van der Waals surface area contributed by atoms with Crippen LogP contribution in [0.2, 0.25) is 0 Å². The third-order valence-corrected chi connectivity index (χ3v) is 2.53. The van der Waals surface area contributed by atoms with Gasteiger partial charge in [0, 0.05) is 25.3 Å². The van der Waals surface area contributed by atoms with Gasteiger partial charge in [-0.15, -0.1) is 0 Å². The highest BCUT2D eigenvalue weighted by Crippen LogP contribution is 2.21. The van der Waals surface area contributed by atoms with Gasteiger partial charge in [-0.2, -0.15) is 0 Å². The van der Waals surface area contributed by atoms with Gasteiger partial charge in [0.1, 0.15) is 11.9 Å². The number of rotatable bonds is 4. The number of hydrogen-bond donors (Lipinski definition) is 2. The van der Waals surface area contributed by atoms with Crippen LogP contribution in [0.15, 0.2) is 18.5 Å². The largest absolute Gasteiger partial charge is 0.378 e. The molecule has 0 saturated carbocycles. The van der Waals surface area contributed by atoms with Gasteiger partial charge in [0.05, 0.1) is 18.1 Å². The Morgan fingerprint density at radius 1 is 1.71 bits per heavy atom. The van der Waals surface area contributed by atoms with E-state index in [0.29, 0.717) is 25.4 Å². The van der Waals surface area contributed by atoms with Crippen molar-refractivity contribution < 1.29 is 9.66 Å². The molecule has 1 aromatic heterocycles. The van der Waals surface area contributed by atoms with Crippen LogP contribution in [0.3, 0.4) is 0 Å². The Morgan fingerprint density at radius 2 is 2.59 bits per heavy atom. The summed E-state index contributed by atoms with van der Waals surface area (Å²) in [6.07, 6.45) is 2.77.